The second kappa shape index (κ2) is 6.72. The van der Waals surface area contributed by atoms with Crippen molar-refractivity contribution >= 4 is 12.4 Å². The Morgan fingerprint density at radius 3 is 2.53 bits per heavy atom. The van der Waals surface area contributed by atoms with E-state index < -0.39 is 0 Å². The number of aliphatic hydroxyl groups is 1. The van der Waals surface area contributed by atoms with Crippen molar-refractivity contribution in [1.29, 1.82) is 0 Å². The standard InChI is InChI=1S/C12H25NO.ClH/c1-12(2,10-14)8-7-11-6-4-5-9-13(11)3;/h11,14H,4-10H2,1-3H3;1H. The molecule has 0 aromatic carbocycles. The summed E-state index contributed by atoms with van der Waals surface area (Å²) in [6.07, 6.45) is 6.46. The van der Waals surface area contributed by atoms with Crippen LogP contribution in [-0.4, -0.2) is 36.2 Å². The van der Waals surface area contributed by atoms with Crippen molar-refractivity contribution in [2.75, 3.05) is 20.2 Å². The molecule has 2 nitrogen and oxygen atoms in total. The summed E-state index contributed by atoms with van der Waals surface area (Å²) in [6.45, 7) is 5.86. The summed E-state index contributed by atoms with van der Waals surface area (Å²) >= 11 is 0. The van der Waals surface area contributed by atoms with Gasteiger partial charge in [-0.25, -0.2) is 0 Å². The molecule has 0 radical (unpaired) electrons. The number of hydrogen-bond donors (Lipinski definition) is 1. The molecule has 0 bridgehead atoms. The Hall–Kier alpha value is 0.210. The summed E-state index contributed by atoms with van der Waals surface area (Å²) in [6, 6.07) is 0.759. The van der Waals surface area contributed by atoms with Gasteiger partial charge in [0.25, 0.3) is 0 Å². The molecule has 1 fully saturated rings. The quantitative estimate of drug-likeness (QED) is 0.810. The summed E-state index contributed by atoms with van der Waals surface area (Å²) in [5, 5.41) is 9.18. The van der Waals surface area contributed by atoms with E-state index in [1.807, 2.05) is 0 Å². The predicted octanol–water partition coefficient (Wildman–Crippen LogP) is 2.69. The van der Waals surface area contributed by atoms with E-state index >= 15 is 0 Å². The van der Waals surface area contributed by atoms with Gasteiger partial charge in [-0.05, 0) is 44.7 Å². The monoisotopic (exact) mass is 235 g/mol. The maximum Gasteiger partial charge on any atom is 0.0482 e. The van der Waals surface area contributed by atoms with Crippen molar-refractivity contribution in [3.8, 4) is 0 Å². The molecule has 1 rings (SSSR count). The highest BCUT2D eigenvalue weighted by Crippen LogP contribution is 2.26. The first-order valence-corrected chi connectivity index (χ1v) is 5.86. The molecule has 1 aliphatic heterocycles. The van der Waals surface area contributed by atoms with Gasteiger partial charge in [0, 0.05) is 12.6 Å². The minimum atomic E-state index is 0. The zero-order valence-electron chi connectivity index (χ0n) is 10.3. The smallest absolute Gasteiger partial charge is 0.0482 e. The van der Waals surface area contributed by atoms with Gasteiger partial charge in [0.15, 0.2) is 0 Å². The highest BCUT2D eigenvalue weighted by atomic mass is 35.5. The van der Waals surface area contributed by atoms with Crippen LogP contribution in [0.5, 0.6) is 0 Å². The first kappa shape index (κ1) is 15.2. The second-order valence-corrected chi connectivity index (χ2v) is 5.49. The minimum absolute atomic E-state index is 0. The van der Waals surface area contributed by atoms with Gasteiger partial charge >= 0.3 is 0 Å². The van der Waals surface area contributed by atoms with Gasteiger partial charge in [-0.3, -0.25) is 0 Å². The van der Waals surface area contributed by atoms with Gasteiger partial charge in [0.05, 0.1) is 0 Å². The van der Waals surface area contributed by atoms with Crippen LogP contribution in [0.15, 0.2) is 0 Å². The molecule has 0 aliphatic carbocycles. The third kappa shape index (κ3) is 5.19. The van der Waals surface area contributed by atoms with Crippen LogP contribution < -0.4 is 0 Å². The molecule has 3 heteroatoms. The van der Waals surface area contributed by atoms with Gasteiger partial charge in [-0.2, -0.15) is 0 Å². The van der Waals surface area contributed by atoms with Crippen LogP contribution >= 0.6 is 12.4 Å². The number of likely N-dealkylation sites (tertiary alicyclic amines) is 1. The largest absolute Gasteiger partial charge is 0.396 e. The van der Waals surface area contributed by atoms with Crippen LogP contribution in [0.1, 0.15) is 46.0 Å². The number of nitrogens with zero attached hydrogens (tertiary/aromatic N) is 1. The van der Waals surface area contributed by atoms with Crippen LogP contribution in [0.2, 0.25) is 0 Å². The lowest BCUT2D eigenvalue weighted by atomic mass is 9.85. The van der Waals surface area contributed by atoms with E-state index in [2.05, 4.69) is 25.8 Å². The Kier molecular flexibility index (Phi) is 6.81. The molecule has 1 N–H and O–H groups in total. The molecule has 1 unspecified atom stereocenters. The predicted molar refractivity (Wildman–Crippen MR) is 67.6 cm³/mol. The Morgan fingerprint density at radius 2 is 2.00 bits per heavy atom. The van der Waals surface area contributed by atoms with E-state index in [0.29, 0.717) is 6.61 Å². The topological polar surface area (TPSA) is 23.5 Å². The third-order valence-corrected chi connectivity index (χ3v) is 3.50. The number of rotatable bonds is 4. The summed E-state index contributed by atoms with van der Waals surface area (Å²) in [5.41, 5.74) is 0.109. The molecular formula is C12H26ClNO. The van der Waals surface area contributed by atoms with Crippen LogP contribution in [0.3, 0.4) is 0 Å². The van der Waals surface area contributed by atoms with E-state index in [0.717, 1.165) is 12.5 Å². The molecular weight excluding hydrogens is 210 g/mol. The van der Waals surface area contributed by atoms with Crippen LogP contribution in [0.4, 0.5) is 0 Å². The lowest BCUT2D eigenvalue weighted by Gasteiger charge is -2.34. The average molecular weight is 236 g/mol. The summed E-state index contributed by atoms with van der Waals surface area (Å²) in [5.74, 6) is 0. The highest BCUT2D eigenvalue weighted by molar-refractivity contribution is 5.85. The molecule has 1 heterocycles. The van der Waals surface area contributed by atoms with Crippen molar-refractivity contribution in [1.82, 2.24) is 4.90 Å². The van der Waals surface area contributed by atoms with E-state index in [1.165, 1.54) is 32.2 Å². The van der Waals surface area contributed by atoms with E-state index in [9.17, 15) is 5.11 Å². The molecule has 92 valence electrons. The van der Waals surface area contributed by atoms with Gasteiger partial charge in [-0.15, -0.1) is 12.4 Å². The third-order valence-electron chi connectivity index (χ3n) is 3.50. The highest BCUT2D eigenvalue weighted by Gasteiger charge is 2.23. The Labute approximate surface area is 100 Å². The zero-order valence-corrected chi connectivity index (χ0v) is 11.1. The fourth-order valence-electron chi connectivity index (χ4n) is 2.15. The van der Waals surface area contributed by atoms with Crippen molar-refractivity contribution in [2.45, 2.75) is 52.0 Å². The summed E-state index contributed by atoms with van der Waals surface area (Å²) < 4.78 is 0. The van der Waals surface area contributed by atoms with Gasteiger partial charge in [-0.1, -0.05) is 20.3 Å². The molecule has 0 saturated carbocycles. The SMILES string of the molecule is CN1CCCCC1CCC(C)(C)CO.Cl. The molecule has 1 aliphatic rings. The number of aliphatic hydroxyl groups excluding tert-OH is 1. The zero-order chi connectivity index (χ0) is 10.6. The molecule has 0 aromatic heterocycles. The molecule has 0 aromatic rings. The van der Waals surface area contributed by atoms with Gasteiger partial charge in [0.1, 0.15) is 0 Å². The van der Waals surface area contributed by atoms with Crippen LogP contribution in [0, 0.1) is 5.41 Å². The Morgan fingerprint density at radius 1 is 1.33 bits per heavy atom. The van der Waals surface area contributed by atoms with Gasteiger partial charge in [0.2, 0.25) is 0 Å². The summed E-state index contributed by atoms with van der Waals surface area (Å²) in [4.78, 5) is 2.48. The first-order valence-electron chi connectivity index (χ1n) is 5.86. The first-order chi connectivity index (χ1) is 6.55. The maximum absolute atomic E-state index is 9.18. The number of hydrogen-bond acceptors (Lipinski definition) is 2. The van der Waals surface area contributed by atoms with Crippen LogP contribution in [-0.2, 0) is 0 Å². The second-order valence-electron chi connectivity index (χ2n) is 5.49. The fourth-order valence-corrected chi connectivity index (χ4v) is 2.15. The lowest BCUT2D eigenvalue weighted by molar-refractivity contribution is 0.117. The van der Waals surface area contributed by atoms with Crippen LogP contribution in [0.25, 0.3) is 0 Å². The molecule has 1 atom stereocenters. The van der Waals surface area contributed by atoms with E-state index in [1.54, 1.807) is 0 Å². The normalized spacial score (nSPS) is 23.6. The fraction of sp³-hybridized carbons (Fsp3) is 1.00. The average Bonchev–Trinajstić information content (AvgIpc) is 2.17. The molecule has 15 heavy (non-hydrogen) atoms. The van der Waals surface area contributed by atoms with E-state index in [4.69, 9.17) is 0 Å². The number of halogens is 1. The Bertz CT molecular complexity index is 173. The molecule has 0 amide bonds. The maximum atomic E-state index is 9.18. The van der Waals surface area contributed by atoms with Crippen molar-refractivity contribution in [2.24, 2.45) is 5.41 Å². The van der Waals surface area contributed by atoms with E-state index in [-0.39, 0.29) is 17.8 Å². The summed E-state index contributed by atoms with van der Waals surface area (Å²) in [7, 11) is 2.23. The molecule has 1 saturated heterocycles. The van der Waals surface area contributed by atoms with Crippen molar-refractivity contribution in [3.05, 3.63) is 0 Å². The van der Waals surface area contributed by atoms with Crippen molar-refractivity contribution < 1.29 is 5.11 Å². The Balaban J connectivity index is 0.00000196. The number of piperidine rings is 1. The van der Waals surface area contributed by atoms with Crippen molar-refractivity contribution in [3.63, 3.8) is 0 Å². The lowest BCUT2D eigenvalue weighted by Crippen LogP contribution is -2.37. The molecule has 0 spiro atoms. The minimum Gasteiger partial charge on any atom is -0.396 e. The van der Waals surface area contributed by atoms with Gasteiger partial charge < -0.3 is 10.0 Å².